The first kappa shape index (κ1) is 12.4. The predicted octanol–water partition coefficient (Wildman–Crippen LogP) is -0.659. The molecule has 0 aliphatic carbocycles. The number of rotatable bonds is 4. The molecule has 1 heterocycles. The molecule has 0 radical (unpaired) electrons. The maximum Gasteiger partial charge on any atom is 0.181 e. The summed E-state index contributed by atoms with van der Waals surface area (Å²) in [5.74, 6) is 0. The molecule has 1 aromatic heterocycles. The molecular formula is C11H18ClN. The number of hydrogen-bond acceptors (Lipinski definition) is 0. The first-order chi connectivity index (χ1) is 5.88. The summed E-state index contributed by atoms with van der Waals surface area (Å²) in [6, 6.07) is 6.42. The molecule has 1 rings (SSSR count). The van der Waals surface area contributed by atoms with Crippen molar-refractivity contribution in [1.29, 1.82) is 0 Å². The molecule has 0 aliphatic heterocycles. The molecule has 0 spiro atoms. The Hall–Kier alpha value is -0.560. The van der Waals surface area contributed by atoms with Crippen LogP contribution in [0.5, 0.6) is 0 Å². The van der Waals surface area contributed by atoms with Crippen molar-refractivity contribution in [3.05, 3.63) is 30.1 Å². The van der Waals surface area contributed by atoms with Gasteiger partial charge in [-0.1, -0.05) is 26.3 Å². The van der Waals surface area contributed by atoms with E-state index in [2.05, 4.69) is 42.8 Å². The van der Waals surface area contributed by atoms with Crippen LogP contribution in [0.4, 0.5) is 0 Å². The minimum Gasteiger partial charge on any atom is -1.00 e. The Labute approximate surface area is 87.2 Å². The molecular weight excluding hydrogens is 182 g/mol. The highest BCUT2D eigenvalue weighted by Gasteiger charge is 2.04. The molecule has 0 amide bonds. The van der Waals surface area contributed by atoms with Crippen molar-refractivity contribution in [1.82, 2.24) is 0 Å². The quantitative estimate of drug-likeness (QED) is 0.567. The average Bonchev–Trinajstić information content (AvgIpc) is 2.15. The van der Waals surface area contributed by atoms with Crippen molar-refractivity contribution in [3.8, 4) is 0 Å². The first-order valence-electron chi connectivity index (χ1n) is 4.85. The van der Waals surface area contributed by atoms with Gasteiger partial charge in [0.15, 0.2) is 11.9 Å². The highest BCUT2D eigenvalue weighted by Crippen LogP contribution is 1.94. The van der Waals surface area contributed by atoms with Gasteiger partial charge in [-0.25, -0.2) is 4.57 Å². The minimum absolute atomic E-state index is 0. The van der Waals surface area contributed by atoms with Gasteiger partial charge in [0.2, 0.25) is 0 Å². The Kier molecular flexibility index (Phi) is 6.61. The molecule has 74 valence electrons. The monoisotopic (exact) mass is 199 g/mol. The number of nitrogens with zero attached hydrogens (tertiary/aromatic N) is 1. The van der Waals surface area contributed by atoms with Crippen molar-refractivity contribution in [2.45, 2.75) is 39.7 Å². The smallest absolute Gasteiger partial charge is 0.181 e. The molecule has 0 saturated heterocycles. The Morgan fingerprint density at radius 1 is 1.23 bits per heavy atom. The summed E-state index contributed by atoms with van der Waals surface area (Å²) < 4.78 is 2.35. The van der Waals surface area contributed by atoms with Gasteiger partial charge >= 0.3 is 0 Å². The van der Waals surface area contributed by atoms with E-state index < -0.39 is 0 Å². The molecule has 2 heteroatoms. The van der Waals surface area contributed by atoms with Crippen LogP contribution in [-0.4, -0.2) is 0 Å². The van der Waals surface area contributed by atoms with Crippen LogP contribution in [0.25, 0.3) is 0 Å². The fraction of sp³-hybridized carbons (Fsp3) is 0.545. The van der Waals surface area contributed by atoms with Gasteiger partial charge in [0.25, 0.3) is 0 Å². The molecule has 0 saturated carbocycles. The topological polar surface area (TPSA) is 3.88 Å². The van der Waals surface area contributed by atoms with Crippen LogP contribution in [0.2, 0.25) is 0 Å². The lowest BCUT2D eigenvalue weighted by Crippen LogP contribution is -3.00. The summed E-state index contributed by atoms with van der Waals surface area (Å²) in [5, 5.41) is 0. The molecule has 0 N–H and O–H groups in total. The Balaban J connectivity index is 0.00000144. The van der Waals surface area contributed by atoms with Gasteiger partial charge < -0.3 is 12.4 Å². The van der Waals surface area contributed by atoms with Gasteiger partial charge in [-0.3, -0.25) is 0 Å². The zero-order valence-electron chi connectivity index (χ0n) is 8.46. The molecule has 0 unspecified atom stereocenters. The van der Waals surface area contributed by atoms with E-state index in [-0.39, 0.29) is 12.4 Å². The average molecular weight is 200 g/mol. The van der Waals surface area contributed by atoms with Gasteiger partial charge in [-0.2, -0.15) is 0 Å². The highest BCUT2D eigenvalue weighted by molar-refractivity contribution is 4.96. The van der Waals surface area contributed by atoms with E-state index in [1.807, 2.05) is 0 Å². The lowest BCUT2D eigenvalue weighted by Gasteiger charge is -1.99. The fourth-order valence-electron chi connectivity index (χ4n) is 1.38. The summed E-state index contributed by atoms with van der Waals surface area (Å²) in [4.78, 5) is 0. The Morgan fingerprint density at radius 3 is 2.62 bits per heavy atom. The molecule has 1 aromatic rings. The standard InChI is InChI=1S/C11H18N.ClH/c1-3-5-9-12-10-7-6-8-11(12)4-2;/h6-8,10H,3-5,9H2,1-2H3;1H/q+1;/p-1. The van der Waals surface area contributed by atoms with Crippen LogP contribution >= 0.6 is 0 Å². The van der Waals surface area contributed by atoms with Crippen LogP contribution in [-0.2, 0) is 13.0 Å². The predicted molar refractivity (Wildman–Crippen MR) is 50.9 cm³/mol. The van der Waals surface area contributed by atoms with Gasteiger partial charge in [0.1, 0.15) is 6.54 Å². The third-order valence-corrected chi connectivity index (χ3v) is 2.15. The Morgan fingerprint density at radius 2 is 2.00 bits per heavy atom. The third kappa shape index (κ3) is 3.77. The van der Waals surface area contributed by atoms with Crippen molar-refractivity contribution in [3.63, 3.8) is 0 Å². The van der Waals surface area contributed by atoms with E-state index in [1.165, 1.54) is 25.1 Å². The minimum atomic E-state index is 0. The molecule has 0 atom stereocenters. The van der Waals surface area contributed by atoms with Gasteiger partial charge in [-0.15, -0.1) is 0 Å². The summed E-state index contributed by atoms with van der Waals surface area (Å²) in [7, 11) is 0. The van der Waals surface area contributed by atoms with Crippen molar-refractivity contribution >= 4 is 0 Å². The van der Waals surface area contributed by atoms with E-state index in [9.17, 15) is 0 Å². The number of halogens is 1. The largest absolute Gasteiger partial charge is 1.00 e. The van der Waals surface area contributed by atoms with Crippen LogP contribution in [0.3, 0.4) is 0 Å². The maximum atomic E-state index is 2.35. The van der Waals surface area contributed by atoms with Crippen LogP contribution < -0.4 is 17.0 Å². The zero-order chi connectivity index (χ0) is 8.81. The second kappa shape index (κ2) is 6.90. The normalized spacial score (nSPS) is 9.38. The maximum absolute atomic E-state index is 2.35. The third-order valence-electron chi connectivity index (χ3n) is 2.15. The summed E-state index contributed by atoms with van der Waals surface area (Å²) in [6.45, 7) is 5.60. The Bertz CT molecular complexity index is 235. The second-order valence-electron chi connectivity index (χ2n) is 3.09. The number of unbranched alkanes of at least 4 members (excludes halogenated alkanes) is 1. The van der Waals surface area contributed by atoms with Crippen LogP contribution in [0.15, 0.2) is 24.4 Å². The van der Waals surface area contributed by atoms with E-state index in [0.29, 0.717) is 0 Å². The van der Waals surface area contributed by atoms with Crippen LogP contribution in [0, 0.1) is 0 Å². The fourth-order valence-corrected chi connectivity index (χ4v) is 1.38. The summed E-state index contributed by atoms with van der Waals surface area (Å²) >= 11 is 0. The molecule has 0 aromatic carbocycles. The van der Waals surface area contributed by atoms with Gasteiger partial charge in [0, 0.05) is 25.0 Å². The second-order valence-corrected chi connectivity index (χ2v) is 3.09. The summed E-state index contributed by atoms with van der Waals surface area (Å²) in [6.07, 6.45) is 5.85. The highest BCUT2D eigenvalue weighted by atomic mass is 35.5. The van der Waals surface area contributed by atoms with Crippen molar-refractivity contribution < 1.29 is 17.0 Å². The lowest BCUT2D eigenvalue weighted by molar-refractivity contribution is -0.704. The van der Waals surface area contributed by atoms with E-state index in [4.69, 9.17) is 0 Å². The van der Waals surface area contributed by atoms with Crippen LogP contribution in [0.1, 0.15) is 32.4 Å². The number of hydrogen-bond donors (Lipinski definition) is 0. The van der Waals surface area contributed by atoms with Crippen molar-refractivity contribution in [2.24, 2.45) is 0 Å². The lowest BCUT2D eigenvalue weighted by atomic mass is 10.2. The van der Waals surface area contributed by atoms with E-state index in [0.717, 1.165) is 6.42 Å². The van der Waals surface area contributed by atoms with Gasteiger partial charge in [-0.05, 0) is 0 Å². The molecule has 1 nitrogen and oxygen atoms in total. The number of aryl methyl sites for hydroxylation is 2. The van der Waals surface area contributed by atoms with Gasteiger partial charge in [0.05, 0.1) is 0 Å². The molecule has 0 bridgehead atoms. The van der Waals surface area contributed by atoms with E-state index >= 15 is 0 Å². The first-order valence-corrected chi connectivity index (χ1v) is 4.85. The molecule has 13 heavy (non-hydrogen) atoms. The zero-order valence-corrected chi connectivity index (χ0v) is 9.22. The van der Waals surface area contributed by atoms with E-state index in [1.54, 1.807) is 0 Å². The summed E-state index contributed by atoms with van der Waals surface area (Å²) in [5.41, 5.74) is 1.44. The number of aromatic nitrogens is 1. The molecule has 0 fully saturated rings. The van der Waals surface area contributed by atoms with Crippen molar-refractivity contribution in [2.75, 3.05) is 0 Å². The molecule has 0 aliphatic rings. The number of pyridine rings is 1. The SMILES string of the molecule is CCCC[n+]1ccccc1CC.[Cl-].